The van der Waals surface area contributed by atoms with Crippen LogP contribution in [0, 0.1) is 0 Å². The number of benzene rings is 1. The van der Waals surface area contributed by atoms with E-state index in [-0.39, 0.29) is 12.4 Å². The van der Waals surface area contributed by atoms with Crippen molar-refractivity contribution in [3.63, 3.8) is 0 Å². The number of Topliss-reactive ketones (excluding diaryl/α,β-unsaturated/α-hetero) is 1. The summed E-state index contributed by atoms with van der Waals surface area (Å²) in [7, 11) is 0. The fourth-order valence-corrected chi connectivity index (χ4v) is 0.945. The molecule has 0 N–H and O–H groups in total. The molecule has 1 aromatic carbocycles. The number of ether oxygens (including phenoxy) is 1. The number of hydrogen-bond acceptors (Lipinski definition) is 2. The lowest BCUT2D eigenvalue weighted by atomic mass is 10.2. The molecule has 14 heavy (non-hydrogen) atoms. The van der Waals surface area contributed by atoms with Crippen LogP contribution in [0.3, 0.4) is 0 Å². The molecular formula is C10H10N2O2. The summed E-state index contributed by atoms with van der Waals surface area (Å²) in [5, 5.41) is 0. The predicted molar refractivity (Wildman–Crippen MR) is 50.8 cm³/mol. The highest BCUT2D eigenvalue weighted by atomic mass is 16.6. The normalized spacial score (nSPS) is 9.14. The second-order valence-electron chi connectivity index (χ2n) is 2.69. The topological polar surface area (TPSA) is 62.7 Å². The average molecular weight is 192 g/mol. The molecule has 0 saturated heterocycles. The molecule has 0 heterocycles. The van der Waals surface area contributed by atoms with Gasteiger partial charge in [0, 0.05) is 0 Å². The van der Waals surface area contributed by atoms with Crippen LogP contribution in [0.25, 0.3) is 5.53 Å². The minimum atomic E-state index is -0.358. The standard InChI is InChI=1S/C10H10N2O2/c11-12-6-10(13)8-14-7-9-4-2-1-3-5-9/h1-6H,7-8H2/i8+1,10+1. The van der Waals surface area contributed by atoms with Gasteiger partial charge in [0.25, 0.3) is 5.78 Å². The summed E-state index contributed by atoms with van der Waals surface area (Å²) in [6, 6.07) is 9.52. The zero-order valence-electron chi connectivity index (χ0n) is 7.59. The van der Waals surface area contributed by atoms with E-state index in [4.69, 9.17) is 10.3 Å². The monoisotopic (exact) mass is 192 g/mol. The van der Waals surface area contributed by atoms with Crippen molar-refractivity contribution in [3.8, 4) is 0 Å². The van der Waals surface area contributed by atoms with E-state index in [1.807, 2.05) is 30.3 Å². The number of carbonyl (C=O) groups is 1. The summed E-state index contributed by atoms with van der Waals surface area (Å²) in [5.41, 5.74) is 9.05. The Morgan fingerprint density at radius 1 is 1.43 bits per heavy atom. The molecule has 1 rings (SSSR count). The van der Waals surface area contributed by atoms with Crippen molar-refractivity contribution in [1.29, 1.82) is 0 Å². The molecule has 0 unspecified atom stereocenters. The summed E-state index contributed by atoms with van der Waals surface area (Å²) >= 11 is 0. The minimum absolute atomic E-state index is 0.0705. The Hall–Kier alpha value is -1.77. The van der Waals surface area contributed by atoms with Crippen molar-refractivity contribution < 1.29 is 14.3 Å². The van der Waals surface area contributed by atoms with Gasteiger partial charge in [0.1, 0.15) is 6.61 Å². The van der Waals surface area contributed by atoms with Gasteiger partial charge in [-0.25, -0.2) is 0 Å². The maximum Gasteiger partial charge on any atom is 0.325 e. The molecule has 72 valence electrons. The van der Waals surface area contributed by atoms with Crippen LogP contribution in [0.15, 0.2) is 30.3 Å². The van der Waals surface area contributed by atoms with Gasteiger partial charge in [0.05, 0.1) is 6.61 Å². The Morgan fingerprint density at radius 2 is 2.14 bits per heavy atom. The third-order valence-corrected chi connectivity index (χ3v) is 1.56. The van der Waals surface area contributed by atoms with Crippen molar-refractivity contribution in [2.75, 3.05) is 6.61 Å². The van der Waals surface area contributed by atoms with E-state index in [1.165, 1.54) is 0 Å². The van der Waals surface area contributed by atoms with E-state index in [2.05, 4.69) is 4.79 Å². The van der Waals surface area contributed by atoms with E-state index in [1.54, 1.807) is 0 Å². The zero-order chi connectivity index (χ0) is 10.2. The second-order valence-corrected chi connectivity index (χ2v) is 2.69. The van der Waals surface area contributed by atoms with Crippen molar-refractivity contribution in [2.45, 2.75) is 6.61 Å². The molecular weight excluding hydrogens is 182 g/mol. The quantitative estimate of drug-likeness (QED) is 0.303. The van der Waals surface area contributed by atoms with E-state index >= 15 is 0 Å². The van der Waals surface area contributed by atoms with Crippen molar-refractivity contribution in [3.05, 3.63) is 41.4 Å². The summed E-state index contributed by atoms with van der Waals surface area (Å²) in [4.78, 5) is 13.4. The van der Waals surface area contributed by atoms with Crippen molar-refractivity contribution in [2.24, 2.45) is 0 Å². The first-order chi connectivity index (χ1) is 6.83. The molecule has 0 aliphatic carbocycles. The Kier molecular flexibility index (Phi) is 4.27. The largest absolute Gasteiger partial charge is 0.368 e. The highest BCUT2D eigenvalue weighted by molar-refractivity contribution is 6.25. The molecule has 0 saturated carbocycles. The van der Waals surface area contributed by atoms with Crippen molar-refractivity contribution in [1.82, 2.24) is 0 Å². The van der Waals surface area contributed by atoms with Gasteiger partial charge in [-0.15, -0.1) is 0 Å². The molecule has 0 aliphatic heterocycles. The van der Waals surface area contributed by atoms with Crippen LogP contribution in [0.2, 0.25) is 0 Å². The second kappa shape index (κ2) is 5.80. The molecule has 0 aromatic heterocycles. The molecule has 0 atom stereocenters. The molecule has 0 amide bonds. The van der Waals surface area contributed by atoms with Crippen LogP contribution in [-0.2, 0) is 16.1 Å². The first-order valence-electron chi connectivity index (χ1n) is 4.15. The van der Waals surface area contributed by atoms with Gasteiger partial charge in [-0.1, -0.05) is 30.3 Å². The number of rotatable bonds is 5. The van der Waals surface area contributed by atoms with Gasteiger partial charge in [-0.05, 0) is 5.56 Å². The molecule has 1 aromatic rings. The van der Waals surface area contributed by atoms with Gasteiger partial charge in [-0.3, -0.25) is 4.79 Å². The lowest BCUT2D eigenvalue weighted by Crippen LogP contribution is -2.09. The Balaban J connectivity index is 2.29. The van der Waals surface area contributed by atoms with Gasteiger partial charge in [-0.2, -0.15) is 4.79 Å². The van der Waals surface area contributed by atoms with E-state index < -0.39 is 0 Å². The smallest absolute Gasteiger partial charge is 0.325 e. The summed E-state index contributed by atoms with van der Waals surface area (Å²) in [5.74, 6) is -0.358. The fourth-order valence-electron chi connectivity index (χ4n) is 0.945. The van der Waals surface area contributed by atoms with Crippen LogP contribution < -0.4 is 0 Å². The number of carbonyl (C=O) groups excluding carboxylic acids is 1. The van der Waals surface area contributed by atoms with Gasteiger partial charge >= 0.3 is 6.21 Å². The summed E-state index contributed by atoms with van der Waals surface area (Å²) in [6.07, 6.45) is 0.824. The van der Waals surface area contributed by atoms with Gasteiger partial charge in [0.15, 0.2) is 0 Å². The predicted octanol–water partition coefficient (Wildman–Crippen LogP) is 1.07. The van der Waals surface area contributed by atoms with Crippen LogP contribution in [0.4, 0.5) is 0 Å². The maximum absolute atomic E-state index is 10.8. The molecule has 0 bridgehead atoms. The molecule has 0 aliphatic rings. The third kappa shape index (κ3) is 3.76. The van der Waals surface area contributed by atoms with Crippen molar-refractivity contribution >= 4 is 12.0 Å². The lowest BCUT2D eigenvalue weighted by Gasteiger charge is -1.99. The molecule has 0 spiro atoms. The number of nitrogens with zero attached hydrogens (tertiary/aromatic N) is 2. The maximum atomic E-state index is 10.8. The summed E-state index contributed by atoms with van der Waals surface area (Å²) in [6.45, 7) is 0.310. The molecule has 4 heteroatoms. The van der Waals surface area contributed by atoms with Crippen LogP contribution >= 0.6 is 0 Å². The Bertz CT molecular complexity index is 342. The minimum Gasteiger partial charge on any atom is -0.368 e. The van der Waals surface area contributed by atoms with E-state index in [9.17, 15) is 4.79 Å². The van der Waals surface area contributed by atoms with Crippen LogP contribution in [-0.4, -0.2) is 23.4 Å². The van der Waals surface area contributed by atoms with E-state index in [0.29, 0.717) is 6.61 Å². The highest BCUT2D eigenvalue weighted by Gasteiger charge is 2.01. The number of hydrogen-bond donors (Lipinski definition) is 0. The van der Waals surface area contributed by atoms with E-state index in [0.717, 1.165) is 11.8 Å². The first kappa shape index (κ1) is 10.3. The Morgan fingerprint density at radius 3 is 2.79 bits per heavy atom. The summed E-state index contributed by atoms with van der Waals surface area (Å²) < 4.78 is 5.08. The molecule has 0 fully saturated rings. The molecule has 4 nitrogen and oxygen atoms in total. The van der Waals surface area contributed by atoms with Crippen LogP contribution in [0.5, 0.6) is 0 Å². The number of ketones is 1. The van der Waals surface area contributed by atoms with Gasteiger partial charge < -0.3 is 10.3 Å². The van der Waals surface area contributed by atoms with Crippen LogP contribution in [0.1, 0.15) is 5.56 Å². The Labute approximate surface area is 81.7 Å². The molecule has 0 radical (unpaired) electrons. The SMILES string of the molecule is [N-]=[N+]=C[13C](=O)[13CH2]OCc1ccccc1. The first-order valence-corrected chi connectivity index (χ1v) is 4.15. The third-order valence-electron chi connectivity index (χ3n) is 1.56. The lowest BCUT2D eigenvalue weighted by molar-refractivity contribution is -0.120. The highest BCUT2D eigenvalue weighted by Crippen LogP contribution is 1.99. The fraction of sp³-hybridized carbons (Fsp3) is 0.200. The van der Waals surface area contributed by atoms with Gasteiger partial charge in [0.2, 0.25) is 0 Å². The average Bonchev–Trinajstić information content (AvgIpc) is 2.20. The zero-order valence-corrected chi connectivity index (χ0v) is 7.59.